The van der Waals surface area contributed by atoms with Gasteiger partial charge in [-0.3, -0.25) is 18.6 Å². The van der Waals surface area contributed by atoms with Gasteiger partial charge in [0.1, 0.15) is 19.8 Å². The molecule has 1 aliphatic heterocycles. The van der Waals surface area contributed by atoms with E-state index in [1.165, 1.54) is 103 Å². The van der Waals surface area contributed by atoms with E-state index in [-0.39, 0.29) is 32.0 Å². The minimum Gasteiger partial charge on any atom is -0.462 e. The number of hydrogen-bond donors (Lipinski definition) is 1. The lowest BCUT2D eigenvalue weighted by Crippen LogP contribution is -2.37. The number of esters is 2. The van der Waals surface area contributed by atoms with Gasteiger partial charge in [0.05, 0.1) is 40.0 Å². The molecule has 0 saturated carbocycles. The Morgan fingerprint density at radius 2 is 1.05 bits per heavy atom. The average molecular weight is 907 g/mol. The highest BCUT2D eigenvalue weighted by molar-refractivity contribution is 7.47. The Bertz CT molecular complexity index is 1320. The molecule has 0 aromatic carbocycles. The van der Waals surface area contributed by atoms with Gasteiger partial charge in [-0.25, -0.2) is 4.57 Å². The van der Waals surface area contributed by atoms with Crippen LogP contribution in [0.5, 0.6) is 0 Å². The van der Waals surface area contributed by atoms with Gasteiger partial charge in [0, 0.05) is 12.8 Å². The Morgan fingerprint density at radius 3 is 1.54 bits per heavy atom. The molecule has 1 saturated heterocycles. The summed E-state index contributed by atoms with van der Waals surface area (Å²) in [7, 11) is 1.42. The van der Waals surface area contributed by atoms with Gasteiger partial charge in [-0.05, 0) is 51.4 Å². The van der Waals surface area contributed by atoms with E-state index >= 15 is 0 Å². The van der Waals surface area contributed by atoms with Crippen LogP contribution in [0.3, 0.4) is 0 Å². The second-order valence-corrected chi connectivity index (χ2v) is 19.7. The van der Waals surface area contributed by atoms with Crippen LogP contribution in [0.1, 0.15) is 194 Å². The molecule has 0 bridgehead atoms. The highest BCUT2D eigenvalue weighted by atomic mass is 31.2. The van der Waals surface area contributed by atoms with E-state index in [0.717, 1.165) is 57.8 Å². The first kappa shape index (κ1) is 58.7. The first-order chi connectivity index (χ1) is 30.5. The van der Waals surface area contributed by atoms with Crippen molar-refractivity contribution in [2.45, 2.75) is 212 Å². The van der Waals surface area contributed by atoms with Crippen LogP contribution in [0.4, 0.5) is 0 Å². The second-order valence-electron chi connectivity index (χ2n) is 18.2. The topological polar surface area (TPSA) is 121 Å². The SMILES string of the molecule is CC/C=C\CC1OC1C/C=C\C/C=C\C/C=C\C/C=C\CCC(=O)O[C@H](COC(=O)CCCCCCCCCCCCCCCCCCCCC)COP(=O)(O)OCC[N+](C)(C)C. The number of rotatable bonds is 44. The zero-order chi connectivity index (χ0) is 46.1. The quantitative estimate of drug-likeness (QED) is 0.0159. The maximum Gasteiger partial charge on any atom is 0.472 e. The van der Waals surface area contributed by atoms with Gasteiger partial charge in [-0.2, -0.15) is 0 Å². The number of allylic oxidation sites excluding steroid dienone is 8. The van der Waals surface area contributed by atoms with Gasteiger partial charge < -0.3 is 23.6 Å². The summed E-state index contributed by atoms with van der Waals surface area (Å²) in [6.07, 6.45) is 51.9. The maximum absolute atomic E-state index is 12.7. The van der Waals surface area contributed by atoms with Crippen LogP contribution in [0.15, 0.2) is 60.8 Å². The Hall–Kier alpha value is -2.33. The number of carbonyl (C=O) groups excluding carboxylic acids is 2. The zero-order valence-corrected chi connectivity index (χ0v) is 41.6. The summed E-state index contributed by atoms with van der Waals surface area (Å²) in [4.78, 5) is 35.5. The van der Waals surface area contributed by atoms with Gasteiger partial charge in [0.25, 0.3) is 0 Å². The predicted molar refractivity (Wildman–Crippen MR) is 260 cm³/mol. The lowest BCUT2D eigenvalue weighted by molar-refractivity contribution is -0.870. The molecule has 0 amide bonds. The van der Waals surface area contributed by atoms with Crippen molar-refractivity contribution in [2.24, 2.45) is 0 Å². The molecule has 0 aromatic rings. The molecule has 1 N–H and O–H groups in total. The number of hydrogen-bond acceptors (Lipinski definition) is 8. The number of unbranched alkanes of at least 4 members (excludes halogenated alkanes) is 18. The summed E-state index contributed by atoms with van der Waals surface area (Å²) in [5.41, 5.74) is 0. The molecule has 10 nitrogen and oxygen atoms in total. The number of epoxide rings is 1. The van der Waals surface area contributed by atoms with Crippen molar-refractivity contribution >= 4 is 19.8 Å². The second kappa shape index (κ2) is 40.0. The fourth-order valence-corrected chi connectivity index (χ4v) is 7.71. The molecule has 4 atom stereocenters. The average Bonchev–Trinajstić information content (AvgIpc) is 3.99. The van der Waals surface area contributed by atoms with Crippen LogP contribution in [0.25, 0.3) is 0 Å². The van der Waals surface area contributed by atoms with Crippen molar-refractivity contribution in [2.75, 3.05) is 47.5 Å². The molecular weight excluding hydrogens is 814 g/mol. The highest BCUT2D eigenvalue weighted by Crippen LogP contribution is 2.43. The third-order valence-corrected chi connectivity index (χ3v) is 12.0. The summed E-state index contributed by atoms with van der Waals surface area (Å²) in [5, 5.41) is 0. The van der Waals surface area contributed by atoms with Gasteiger partial charge >= 0.3 is 19.8 Å². The summed E-state index contributed by atoms with van der Waals surface area (Å²) >= 11 is 0. The normalized spacial score (nSPS) is 17.2. The molecule has 1 rings (SSSR count). The minimum atomic E-state index is -4.40. The van der Waals surface area contributed by atoms with Crippen LogP contribution >= 0.6 is 7.82 Å². The van der Waals surface area contributed by atoms with Crippen molar-refractivity contribution in [1.82, 2.24) is 0 Å². The van der Waals surface area contributed by atoms with Gasteiger partial charge in [0.15, 0.2) is 6.10 Å². The molecule has 3 unspecified atom stereocenters. The monoisotopic (exact) mass is 907 g/mol. The molecule has 1 aliphatic rings. The van der Waals surface area contributed by atoms with Crippen molar-refractivity contribution in [3.8, 4) is 0 Å². The van der Waals surface area contributed by atoms with E-state index in [1.807, 2.05) is 33.3 Å². The summed E-state index contributed by atoms with van der Waals surface area (Å²) in [5.74, 6) is -0.897. The van der Waals surface area contributed by atoms with E-state index in [2.05, 4.69) is 62.5 Å². The number of carbonyl (C=O) groups is 2. The van der Waals surface area contributed by atoms with E-state index in [1.54, 1.807) is 0 Å². The Morgan fingerprint density at radius 1 is 0.587 bits per heavy atom. The zero-order valence-electron chi connectivity index (χ0n) is 40.7. The fraction of sp³-hybridized carbons (Fsp3) is 0.769. The van der Waals surface area contributed by atoms with Crippen molar-refractivity contribution < 1.29 is 46.8 Å². The maximum atomic E-state index is 12.7. The van der Waals surface area contributed by atoms with Crippen molar-refractivity contribution in [3.63, 3.8) is 0 Å². The number of phosphoric ester groups is 1. The molecular formula is C52H93NO9P+. The molecule has 1 fully saturated rings. The Labute approximate surface area is 385 Å². The largest absolute Gasteiger partial charge is 0.472 e. The molecule has 364 valence electrons. The van der Waals surface area contributed by atoms with E-state index < -0.39 is 26.5 Å². The van der Waals surface area contributed by atoms with Gasteiger partial charge in [-0.1, -0.05) is 190 Å². The van der Waals surface area contributed by atoms with Crippen LogP contribution in [-0.4, -0.2) is 87.1 Å². The van der Waals surface area contributed by atoms with Crippen LogP contribution in [-0.2, 0) is 37.4 Å². The Balaban J connectivity index is 2.26. The van der Waals surface area contributed by atoms with Crippen LogP contribution in [0, 0.1) is 0 Å². The van der Waals surface area contributed by atoms with E-state index in [4.69, 9.17) is 23.3 Å². The summed E-state index contributed by atoms with van der Waals surface area (Å²) in [6.45, 7) is 4.23. The standard InChI is InChI=1S/C52H92NO9P/c1-6-8-10-11-12-13-14-15-16-17-18-19-20-21-25-28-31-34-38-42-51(54)58-46-48(47-60-63(56,57)59-45-44-53(3,4)5)61-52(55)43-39-35-32-29-26-23-22-24-27-30-33-37-41-50-49(62-50)40-36-9-7-2/h9,23-24,26-27,32-33,35-37,48-50H,6-8,10-22,25,28-31,34,38-47H2,1-5H3/p+1/b26-23-,27-24-,35-32-,36-9-,37-33-/t48-,49?,50?/m1/s1. The summed E-state index contributed by atoms with van der Waals surface area (Å²) < 4.78 is 40.0. The van der Waals surface area contributed by atoms with Crippen LogP contribution in [0.2, 0.25) is 0 Å². The molecule has 1 heterocycles. The number of likely N-dealkylation sites (N-methyl/N-ethyl adjacent to an activating group) is 1. The van der Waals surface area contributed by atoms with Gasteiger partial charge in [0.2, 0.25) is 0 Å². The van der Waals surface area contributed by atoms with Crippen molar-refractivity contribution in [1.29, 1.82) is 0 Å². The third-order valence-electron chi connectivity index (χ3n) is 11.0. The number of ether oxygens (including phenoxy) is 3. The van der Waals surface area contributed by atoms with E-state index in [0.29, 0.717) is 29.7 Å². The smallest absolute Gasteiger partial charge is 0.462 e. The molecule has 63 heavy (non-hydrogen) atoms. The lowest BCUT2D eigenvalue weighted by atomic mass is 10.0. The first-order valence-corrected chi connectivity index (χ1v) is 26.6. The molecule has 11 heteroatoms. The third kappa shape index (κ3) is 40.9. The van der Waals surface area contributed by atoms with Crippen LogP contribution < -0.4 is 0 Å². The predicted octanol–water partition coefficient (Wildman–Crippen LogP) is 13.8. The Kier molecular flexibility index (Phi) is 37.2. The number of phosphoric acid groups is 1. The molecule has 0 radical (unpaired) electrons. The van der Waals surface area contributed by atoms with Gasteiger partial charge in [-0.15, -0.1) is 0 Å². The fourth-order valence-electron chi connectivity index (χ4n) is 6.96. The molecule has 0 spiro atoms. The molecule has 0 aromatic heterocycles. The highest BCUT2D eigenvalue weighted by Gasteiger charge is 2.36. The molecule has 0 aliphatic carbocycles. The van der Waals surface area contributed by atoms with E-state index in [9.17, 15) is 19.0 Å². The lowest BCUT2D eigenvalue weighted by Gasteiger charge is -2.24. The summed E-state index contributed by atoms with van der Waals surface area (Å²) in [6, 6.07) is 0. The minimum absolute atomic E-state index is 0.0149. The number of quaternary nitrogens is 1. The van der Waals surface area contributed by atoms with Crippen molar-refractivity contribution in [3.05, 3.63) is 60.8 Å². The number of nitrogens with zero attached hydrogens (tertiary/aromatic N) is 1. The first-order valence-electron chi connectivity index (χ1n) is 25.1.